The highest BCUT2D eigenvalue weighted by Crippen LogP contribution is 2.24. The molecule has 2 aromatic heterocycles. The molecule has 5 nitrogen and oxygen atoms in total. The Morgan fingerprint density at radius 2 is 2.16 bits per heavy atom. The molecule has 0 saturated heterocycles. The summed E-state index contributed by atoms with van der Waals surface area (Å²) >= 11 is 0. The Hall–Kier alpha value is -2.94. The second kappa shape index (κ2) is 4.07. The van der Waals surface area contributed by atoms with Gasteiger partial charge in [-0.2, -0.15) is 5.26 Å². The molecule has 92 valence electrons. The summed E-state index contributed by atoms with van der Waals surface area (Å²) in [6, 6.07) is 7.65. The zero-order valence-corrected chi connectivity index (χ0v) is 9.71. The molecule has 0 saturated carbocycles. The number of nitrogen functional groups attached to an aromatic ring is 1. The predicted molar refractivity (Wildman–Crippen MR) is 68.0 cm³/mol. The van der Waals surface area contributed by atoms with Gasteiger partial charge < -0.3 is 5.73 Å². The lowest BCUT2D eigenvalue weighted by Crippen LogP contribution is -2.03. The molecule has 0 unspecified atom stereocenters. The second-order valence-corrected chi connectivity index (χ2v) is 3.94. The minimum absolute atomic E-state index is 0.197. The summed E-state index contributed by atoms with van der Waals surface area (Å²) in [5.41, 5.74) is 7.90. The number of benzene rings is 1. The van der Waals surface area contributed by atoms with Crippen LogP contribution >= 0.6 is 0 Å². The topological polar surface area (TPSA) is 80.5 Å². The average molecular weight is 253 g/mol. The smallest absolute Gasteiger partial charge is 0.206 e. The third-order valence-electron chi connectivity index (χ3n) is 2.80. The average Bonchev–Trinajstić information content (AvgIpc) is 2.74. The lowest BCUT2D eigenvalue weighted by atomic mass is 10.2. The number of imidazole rings is 1. The summed E-state index contributed by atoms with van der Waals surface area (Å²) < 4.78 is 14.8. The molecule has 0 spiro atoms. The molecule has 6 heteroatoms. The molecular weight excluding hydrogens is 245 g/mol. The van der Waals surface area contributed by atoms with E-state index in [1.165, 1.54) is 18.2 Å². The van der Waals surface area contributed by atoms with E-state index in [0.717, 1.165) is 5.52 Å². The quantitative estimate of drug-likeness (QED) is 0.719. The van der Waals surface area contributed by atoms with Crippen LogP contribution in [0, 0.1) is 17.1 Å². The molecule has 3 rings (SSSR count). The monoisotopic (exact) mass is 253 g/mol. The van der Waals surface area contributed by atoms with Gasteiger partial charge in [-0.1, -0.05) is 0 Å². The standard InChI is InChI=1S/C13H8FN5/c14-9-1-2-11(8(5-9)6-15)19-12-3-4-17-7-10(12)18-13(19)16/h1-5,7H,(H2,16,18). The van der Waals surface area contributed by atoms with E-state index in [9.17, 15) is 4.39 Å². The third kappa shape index (κ3) is 1.68. The summed E-state index contributed by atoms with van der Waals surface area (Å²) in [5, 5.41) is 9.10. The second-order valence-electron chi connectivity index (χ2n) is 3.94. The fraction of sp³-hybridized carbons (Fsp3) is 0. The van der Waals surface area contributed by atoms with Gasteiger partial charge in [0.15, 0.2) is 0 Å². The van der Waals surface area contributed by atoms with Gasteiger partial charge in [0.25, 0.3) is 0 Å². The third-order valence-corrected chi connectivity index (χ3v) is 2.80. The van der Waals surface area contributed by atoms with Crippen LogP contribution in [-0.4, -0.2) is 14.5 Å². The molecule has 0 atom stereocenters. The molecule has 0 fully saturated rings. The molecule has 1 aromatic carbocycles. The van der Waals surface area contributed by atoms with Gasteiger partial charge in [-0.3, -0.25) is 9.55 Å². The molecule has 0 bridgehead atoms. The number of pyridine rings is 1. The number of nitrogens with two attached hydrogens (primary N) is 1. The molecule has 19 heavy (non-hydrogen) atoms. The van der Waals surface area contributed by atoms with E-state index in [4.69, 9.17) is 11.0 Å². The van der Waals surface area contributed by atoms with Crippen molar-refractivity contribution in [3.8, 4) is 11.8 Å². The van der Waals surface area contributed by atoms with Crippen molar-refractivity contribution in [3.63, 3.8) is 0 Å². The van der Waals surface area contributed by atoms with Gasteiger partial charge in [0.05, 0.1) is 23.0 Å². The van der Waals surface area contributed by atoms with Crippen molar-refractivity contribution < 1.29 is 4.39 Å². The van der Waals surface area contributed by atoms with E-state index in [1.807, 2.05) is 6.07 Å². The van der Waals surface area contributed by atoms with E-state index in [0.29, 0.717) is 11.2 Å². The summed E-state index contributed by atoms with van der Waals surface area (Å²) in [5.74, 6) is -0.240. The molecule has 0 aliphatic heterocycles. The van der Waals surface area contributed by atoms with Crippen LogP contribution in [0.25, 0.3) is 16.7 Å². The number of nitrogens with zero attached hydrogens (tertiary/aromatic N) is 4. The van der Waals surface area contributed by atoms with Gasteiger partial charge in [0.1, 0.15) is 17.4 Å². The van der Waals surface area contributed by atoms with Gasteiger partial charge in [0.2, 0.25) is 5.95 Å². The van der Waals surface area contributed by atoms with Crippen molar-refractivity contribution in [2.75, 3.05) is 5.73 Å². The first kappa shape index (κ1) is 11.2. The maximum absolute atomic E-state index is 13.2. The van der Waals surface area contributed by atoms with Crippen molar-refractivity contribution in [2.24, 2.45) is 0 Å². The molecular formula is C13H8FN5. The maximum atomic E-state index is 13.2. The number of aromatic nitrogens is 3. The van der Waals surface area contributed by atoms with Crippen LogP contribution in [0.5, 0.6) is 0 Å². The highest BCUT2D eigenvalue weighted by molar-refractivity contribution is 5.80. The van der Waals surface area contributed by atoms with Gasteiger partial charge in [0, 0.05) is 6.20 Å². The minimum Gasteiger partial charge on any atom is -0.369 e. The Bertz CT molecular complexity index is 816. The zero-order valence-electron chi connectivity index (χ0n) is 9.71. The fourth-order valence-corrected chi connectivity index (χ4v) is 2.00. The molecule has 2 N–H and O–H groups in total. The van der Waals surface area contributed by atoms with Crippen LogP contribution < -0.4 is 5.73 Å². The number of anilines is 1. The van der Waals surface area contributed by atoms with Crippen molar-refractivity contribution in [1.29, 1.82) is 5.26 Å². The lowest BCUT2D eigenvalue weighted by molar-refractivity contribution is 0.627. The van der Waals surface area contributed by atoms with E-state index in [2.05, 4.69) is 9.97 Å². The first-order valence-electron chi connectivity index (χ1n) is 5.48. The summed E-state index contributed by atoms with van der Waals surface area (Å²) in [4.78, 5) is 8.12. The van der Waals surface area contributed by atoms with Gasteiger partial charge in [-0.05, 0) is 24.3 Å². The largest absolute Gasteiger partial charge is 0.369 e. The van der Waals surface area contributed by atoms with Crippen molar-refractivity contribution in [2.45, 2.75) is 0 Å². The van der Waals surface area contributed by atoms with Crippen LogP contribution in [0.4, 0.5) is 10.3 Å². The number of fused-ring (bicyclic) bond motifs is 1. The predicted octanol–water partition coefficient (Wildman–Crippen LogP) is 2.01. The summed E-state index contributed by atoms with van der Waals surface area (Å²) in [6.45, 7) is 0. The van der Waals surface area contributed by atoms with Crippen molar-refractivity contribution in [1.82, 2.24) is 14.5 Å². The SMILES string of the molecule is N#Cc1cc(F)ccc1-n1c(N)nc2cnccc21. The van der Waals surface area contributed by atoms with Gasteiger partial charge in [-0.15, -0.1) is 0 Å². The molecule has 0 aliphatic rings. The Balaban J connectivity index is 2.37. The van der Waals surface area contributed by atoms with Crippen LogP contribution in [0.2, 0.25) is 0 Å². The van der Waals surface area contributed by atoms with Crippen LogP contribution in [0.15, 0.2) is 36.7 Å². The molecule has 0 radical (unpaired) electrons. The van der Waals surface area contributed by atoms with Crippen LogP contribution in [0.3, 0.4) is 0 Å². The Morgan fingerprint density at radius 3 is 2.95 bits per heavy atom. The number of nitriles is 1. The molecule has 0 aliphatic carbocycles. The van der Waals surface area contributed by atoms with Crippen LogP contribution in [-0.2, 0) is 0 Å². The van der Waals surface area contributed by atoms with Crippen molar-refractivity contribution in [3.05, 3.63) is 48.0 Å². The van der Waals surface area contributed by atoms with E-state index in [1.54, 1.807) is 23.0 Å². The van der Waals surface area contributed by atoms with Crippen molar-refractivity contribution >= 4 is 17.0 Å². The first-order valence-corrected chi connectivity index (χ1v) is 5.48. The molecule has 0 amide bonds. The van der Waals surface area contributed by atoms with E-state index < -0.39 is 5.82 Å². The molecule has 2 heterocycles. The lowest BCUT2D eigenvalue weighted by Gasteiger charge is -2.08. The Kier molecular flexibility index (Phi) is 2.39. The summed E-state index contributed by atoms with van der Waals surface area (Å²) in [6.07, 6.45) is 3.19. The van der Waals surface area contributed by atoms with Crippen LogP contribution in [0.1, 0.15) is 5.56 Å². The normalized spacial score (nSPS) is 10.5. The number of hydrogen-bond acceptors (Lipinski definition) is 4. The van der Waals surface area contributed by atoms with Gasteiger partial charge >= 0.3 is 0 Å². The number of hydrogen-bond donors (Lipinski definition) is 1. The highest BCUT2D eigenvalue weighted by atomic mass is 19.1. The number of rotatable bonds is 1. The Morgan fingerprint density at radius 1 is 1.32 bits per heavy atom. The van der Waals surface area contributed by atoms with Gasteiger partial charge in [-0.25, -0.2) is 9.37 Å². The highest BCUT2D eigenvalue weighted by Gasteiger charge is 2.13. The fourth-order valence-electron chi connectivity index (χ4n) is 2.00. The van der Waals surface area contributed by atoms with E-state index in [-0.39, 0.29) is 11.5 Å². The maximum Gasteiger partial charge on any atom is 0.206 e. The summed E-state index contributed by atoms with van der Waals surface area (Å²) in [7, 11) is 0. The Labute approximate surface area is 107 Å². The first-order chi connectivity index (χ1) is 9.20. The zero-order chi connectivity index (χ0) is 13.4. The number of halogens is 1. The minimum atomic E-state index is -0.468. The van der Waals surface area contributed by atoms with E-state index >= 15 is 0 Å². The molecule has 3 aromatic rings.